The van der Waals surface area contributed by atoms with Crippen molar-refractivity contribution in [2.24, 2.45) is 11.7 Å². The van der Waals surface area contributed by atoms with E-state index in [0.29, 0.717) is 37.6 Å². The molecule has 10 nitrogen and oxygen atoms in total. The van der Waals surface area contributed by atoms with Gasteiger partial charge in [0.1, 0.15) is 23.3 Å². The van der Waals surface area contributed by atoms with Gasteiger partial charge in [0.15, 0.2) is 5.88 Å². The lowest BCUT2D eigenvalue weighted by Crippen LogP contribution is -2.54. The first-order valence-electron chi connectivity index (χ1n) is 15.8. The van der Waals surface area contributed by atoms with Crippen LogP contribution in [0.25, 0.3) is 0 Å². The smallest absolute Gasteiger partial charge is 0.410 e. The number of hydrogen-bond acceptors (Lipinski definition) is 7. The van der Waals surface area contributed by atoms with Crippen LogP contribution >= 0.6 is 0 Å². The van der Waals surface area contributed by atoms with Gasteiger partial charge in [0.2, 0.25) is 11.8 Å². The molecule has 4 N–H and O–H groups in total. The average Bonchev–Trinajstić information content (AvgIpc) is 3.27. The van der Waals surface area contributed by atoms with Crippen molar-refractivity contribution in [1.29, 1.82) is 0 Å². The minimum Gasteiger partial charge on any atom is -0.474 e. The molecule has 238 valence electrons. The molecule has 1 aliphatic carbocycles. The summed E-state index contributed by atoms with van der Waals surface area (Å²) in [5, 5.41) is 6.40. The van der Waals surface area contributed by atoms with Gasteiger partial charge in [-0.15, -0.1) is 0 Å². The van der Waals surface area contributed by atoms with E-state index in [1.807, 2.05) is 56.0 Å². The molecule has 0 radical (unpaired) electrons. The maximum absolute atomic E-state index is 13.9. The molecule has 3 heterocycles. The lowest BCUT2D eigenvalue weighted by molar-refractivity contribution is -0.131. The first kappa shape index (κ1) is 31.5. The fraction of sp³-hybridized carbons (Fsp3) is 0.559. The van der Waals surface area contributed by atoms with Crippen LogP contribution in [0.15, 0.2) is 61.2 Å². The molecule has 1 saturated heterocycles. The minimum atomic E-state index is -1.11. The molecule has 1 saturated carbocycles. The third-order valence-electron chi connectivity index (χ3n) is 9.00. The number of allylic oxidation sites excluding steroid dienone is 1. The monoisotopic (exact) mass is 605 g/mol. The van der Waals surface area contributed by atoms with Crippen LogP contribution in [-0.4, -0.2) is 63.6 Å². The quantitative estimate of drug-likeness (QED) is 0.339. The predicted octanol–water partition coefficient (Wildman–Crippen LogP) is 4.22. The summed E-state index contributed by atoms with van der Waals surface area (Å²) in [5.74, 6) is -0.578. The number of nitrogens with two attached hydrogens (primary N) is 1. The van der Waals surface area contributed by atoms with Crippen LogP contribution in [-0.2, 0) is 32.2 Å². The van der Waals surface area contributed by atoms with Gasteiger partial charge in [-0.05, 0) is 64.2 Å². The molecule has 4 aliphatic rings. The number of carbonyl (C=O) groups is 3. The number of amides is 3. The number of rotatable bonds is 5. The Morgan fingerprint density at radius 3 is 2.50 bits per heavy atom. The highest BCUT2D eigenvalue weighted by atomic mass is 16.6. The molecule has 0 bridgehead atoms. The summed E-state index contributed by atoms with van der Waals surface area (Å²) < 4.78 is 12.0. The van der Waals surface area contributed by atoms with Crippen molar-refractivity contribution in [2.45, 2.75) is 108 Å². The molecule has 10 heteroatoms. The van der Waals surface area contributed by atoms with Gasteiger partial charge in [0, 0.05) is 31.1 Å². The first-order valence-corrected chi connectivity index (χ1v) is 15.8. The van der Waals surface area contributed by atoms with Gasteiger partial charge in [-0.25, -0.2) is 4.79 Å². The zero-order chi connectivity index (χ0) is 31.6. The summed E-state index contributed by atoms with van der Waals surface area (Å²) in [4.78, 5) is 43.4. The maximum atomic E-state index is 13.9. The highest BCUT2D eigenvalue weighted by molar-refractivity contribution is 5.95. The van der Waals surface area contributed by atoms with E-state index in [4.69, 9.17) is 15.2 Å². The van der Waals surface area contributed by atoms with Crippen molar-refractivity contribution in [3.8, 4) is 0 Å². The topological polar surface area (TPSA) is 126 Å². The fourth-order valence-electron chi connectivity index (χ4n) is 6.60. The second-order valence-electron chi connectivity index (χ2n) is 13.6. The van der Waals surface area contributed by atoms with Crippen molar-refractivity contribution < 1.29 is 23.9 Å². The largest absolute Gasteiger partial charge is 0.474 e. The Morgan fingerprint density at radius 2 is 1.84 bits per heavy atom. The van der Waals surface area contributed by atoms with Crippen LogP contribution in [0.3, 0.4) is 0 Å². The molecule has 44 heavy (non-hydrogen) atoms. The number of ether oxygens (including phenoxy) is 2. The molecule has 3 amide bonds. The highest BCUT2D eigenvalue weighted by Crippen LogP contribution is 2.45. The second-order valence-corrected chi connectivity index (χ2v) is 13.6. The third-order valence-corrected chi connectivity index (χ3v) is 9.00. The van der Waals surface area contributed by atoms with Gasteiger partial charge < -0.3 is 30.7 Å². The zero-order valence-electron chi connectivity index (χ0n) is 26.3. The van der Waals surface area contributed by atoms with E-state index in [1.54, 1.807) is 4.90 Å². The van der Waals surface area contributed by atoms with E-state index in [-0.39, 0.29) is 24.3 Å². The molecule has 1 aromatic carbocycles. The lowest BCUT2D eigenvalue weighted by Gasteiger charge is -2.35. The van der Waals surface area contributed by atoms with Gasteiger partial charge in [0.05, 0.1) is 12.6 Å². The molecular formula is C34H47N5O5. The van der Waals surface area contributed by atoms with E-state index >= 15 is 0 Å². The number of nitrogens with zero attached hydrogens (tertiary/aromatic N) is 2. The highest BCUT2D eigenvalue weighted by Gasteiger charge is 2.60. The Hall–Kier alpha value is -3.95. The summed E-state index contributed by atoms with van der Waals surface area (Å²) in [5.41, 5.74) is 7.18. The van der Waals surface area contributed by atoms with Gasteiger partial charge in [0.25, 0.3) is 0 Å². The molecule has 0 unspecified atom stereocenters. The number of primary amides is 1. The maximum Gasteiger partial charge on any atom is 0.410 e. The Kier molecular flexibility index (Phi) is 9.00. The first-order chi connectivity index (χ1) is 20.9. The summed E-state index contributed by atoms with van der Waals surface area (Å²) >= 11 is 0. The van der Waals surface area contributed by atoms with Crippen molar-refractivity contribution in [3.63, 3.8) is 0 Å². The molecule has 5 atom stereocenters. The molecular weight excluding hydrogens is 558 g/mol. The molecule has 0 aromatic heterocycles. The van der Waals surface area contributed by atoms with Gasteiger partial charge >= 0.3 is 6.09 Å². The average molecular weight is 606 g/mol. The molecule has 0 spiro atoms. The fourth-order valence-corrected chi connectivity index (χ4v) is 6.60. The standard InChI is InChI=1S/C34H47N5O5/c1-22-28(36-23(2)44-33(3,4)5)16-10-8-6-7-9-15-26-18-34(26,31(35)41)37-30(40)29-17-27(21-39(22)29)43-32(42)38-19-24-13-11-12-14-25(24)20-38/h9,11-15,26-29,36H,1-2,6-8,10,16-21H2,3-5H3,(H2,35,41)(H,37,40)/b15-9-/t26-,27-,28+,29+,34-/m1/s1. The lowest BCUT2D eigenvalue weighted by atomic mass is 10.0. The Morgan fingerprint density at radius 1 is 1.14 bits per heavy atom. The number of fused-ring (bicyclic) bond motifs is 3. The summed E-state index contributed by atoms with van der Waals surface area (Å²) in [6.45, 7) is 15.7. The molecule has 1 aromatic rings. The van der Waals surface area contributed by atoms with E-state index in [2.05, 4.69) is 29.9 Å². The van der Waals surface area contributed by atoms with Crippen molar-refractivity contribution in [3.05, 3.63) is 72.3 Å². The summed E-state index contributed by atoms with van der Waals surface area (Å²) in [7, 11) is 0. The van der Waals surface area contributed by atoms with Crippen LogP contribution in [0, 0.1) is 5.92 Å². The van der Waals surface area contributed by atoms with Crippen LogP contribution in [0.1, 0.15) is 76.8 Å². The number of nitrogens with one attached hydrogen (secondary N) is 2. The van der Waals surface area contributed by atoms with Crippen LogP contribution in [0.4, 0.5) is 4.79 Å². The van der Waals surface area contributed by atoms with Crippen LogP contribution < -0.4 is 16.4 Å². The Bertz CT molecular complexity index is 1310. The normalized spacial score (nSPS) is 29.6. The Labute approximate surface area is 260 Å². The summed E-state index contributed by atoms with van der Waals surface area (Å²) in [6.07, 6.45) is 8.45. The van der Waals surface area contributed by atoms with Crippen molar-refractivity contribution in [2.75, 3.05) is 6.54 Å². The van der Waals surface area contributed by atoms with Gasteiger partial charge in [-0.1, -0.05) is 55.8 Å². The second kappa shape index (κ2) is 12.6. The SMILES string of the molecule is C=C(N[C@H]1CCCCC/C=C\[C@@H]2C[C@@]2(C(N)=O)NC(=O)[C@@H]2C[C@@H](OC(=O)N3Cc4ccccc4C3)CN2C1=C)OC(C)(C)C. The molecule has 5 rings (SSSR count). The van der Waals surface area contributed by atoms with Gasteiger partial charge in [-0.2, -0.15) is 0 Å². The number of carbonyl (C=O) groups excluding carboxylic acids is 3. The van der Waals surface area contributed by atoms with E-state index in [1.165, 1.54) is 0 Å². The molecule has 2 fully saturated rings. The predicted molar refractivity (Wildman–Crippen MR) is 168 cm³/mol. The van der Waals surface area contributed by atoms with Crippen molar-refractivity contribution >= 4 is 17.9 Å². The van der Waals surface area contributed by atoms with E-state index in [0.717, 1.165) is 43.2 Å². The van der Waals surface area contributed by atoms with Crippen LogP contribution in [0.5, 0.6) is 0 Å². The number of hydrogen-bond donors (Lipinski definition) is 3. The van der Waals surface area contributed by atoms with Gasteiger partial charge in [-0.3, -0.25) is 14.5 Å². The van der Waals surface area contributed by atoms with Crippen molar-refractivity contribution in [1.82, 2.24) is 20.4 Å². The minimum absolute atomic E-state index is 0.134. The van der Waals surface area contributed by atoms with Crippen LogP contribution in [0.2, 0.25) is 0 Å². The third kappa shape index (κ3) is 7.05. The number of benzene rings is 1. The Balaban J connectivity index is 1.37. The summed E-state index contributed by atoms with van der Waals surface area (Å²) in [6, 6.07) is 6.99. The van der Waals surface area contributed by atoms with E-state index in [9.17, 15) is 14.4 Å². The zero-order valence-corrected chi connectivity index (χ0v) is 26.3. The van der Waals surface area contributed by atoms with E-state index < -0.39 is 35.3 Å². The molecule has 3 aliphatic heterocycles.